The maximum atomic E-state index is 13.2. The van der Waals surface area contributed by atoms with E-state index in [4.69, 9.17) is 16.3 Å². The van der Waals surface area contributed by atoms with Crippen LogP contribution in [0.5, 0.6) is 5.75 Å². The number of aryl methyl sites for hydroxylation is 1. The Morgan fingerprint density at radius 2 is 1.80 bits per heavy atom. The molecule has 154 valence electrons. The number of carbonyl (C=O) groups excluding carboxylic acids is 2. The number of anilines is 2. The highest BCUT2D eigenvalue weighted by Gasteiger charge is 2.11. The highest BCUT2D eigenvalue weighted by molar-refractivity contribution is 9.10. The van der Waals surface area contributed by atoms with Crippen molar-refractivity contribution in [1.82, 2.24) is 0 Å². The molecule has 0 aliphatic heterocycles. The summed E-state index contributed by atoms with van der Waals surface area (Å²) in [5.74, 6) is -0.741. The Labute approximate surface area is 186 Å². The van der Waals surface area contributed by atoms with Crippen LogP contribution < -0.4 is 15.4 Å². The Morgan fingerprint density at radius 1 is 1.03 bits per heavy atom. The van der Waals surface area contributed by atoms with Gasteiger partial charge in [-0.15, -0.1) is 0 Å². The third kappa shape index (κ3) is 5.81. The van der Waals surface area contributed by atoms with Crippen molar-refractivity contribution in [3.05, 3.63) is 87.1 Å². The van der Waals surface area contributed by atoms with Gasteiger partial charge >= 0.3 is 0 Å². The maximum absolute atomic E-state index is 13.2. The number of hydrogen-bond donors (Lipinski definition) is 2. The summed E-state index contributed by atoms with van der Waals surface area (Å²) < 4.78 is 19.7. The summed E-state index contributed by atoms with van der Waals surface area (Å²) in [5, 5.41) is 5.24. The van der Waals surface area contributed by atoms with Crippen LogP contribution in [0.2, 0.25) is 5.02 Å². The summed E-state index contributed by atoms with van der Waals surface area (Å²) in [6.45, 7) is 1.71. The summed E-state index contributed by atoms with van der Waals surface area (Å²) in [6, 6.07) is 15.8. The van der Waals surface area contributed by atoms with Gasteiger partial charge in [-0.05, 0) is 67.1 Å². The van der Waals surface area contributed by atoms with E-state index in [1.807, 2.05) is 19.1 Å². The third-order valence-corrected chi connectivity index (χ3v) is 4.86. The SMILES string of the molecule is Cc1cc(Br)ccc1OCC(=O)Nc1cccc(C(=O)Nc2ccc(F)c(Cl)c2)c1. The lowest BCUT2D eigenvalue weighted by molar-refractivity contribution is -0.118. The highest BCUT2D eigenvalue weighted by Crippen LogP contribution is 2.23. The molecule has 5 nitrogen and oxygen atoms in total. The molecule has 0 atom stereocenters. The zero-order valence-electron chi connectivity index (χ0n) is 15.8. The van der Waals surface area contributed by atoms with Crippen molar-refractivity contribution in [1.29, 1.82) is 0 Å². The monoisotopic (exact) mass is 490 g/mol. The van der Waals surface area contributed by atoms with E-state index < -0.39 is 11.7 Å². The predicted octanol–water partition coefficient (Wildman–Crippen LogP) is 5.82. The van der Waals surface area contributed by atoms with Crippen molar-refractivity contribution in [3.8, 4) is 5.75 Å². The molecule has 0 heterocycles. The summed E-state index contributed by atoms with van der Waals surface area (Å²) in [5.41, 5.74) is 2.02. The second kappa shape index (κ2) is 9.73. The topological polar surface area (TPSA) is 67.4 Å². The Morgan fingerprint density at radius 3 is 2.53 bits per heavy atom. The predicted molar refractivity (Wildman–Crippen MR) is 119 cm³/mol. The van der Waals surface area contributed by atoms with Crippen LogP contribution in [0.3, 0.4) is 0 Å². The second-order valence-corrected chi connectivity index (χ2v) is 7.73. The zero-order chi connectivity index (χ0) is 21.7. The van der Waals surface area contributed by atoms with E-state index in [0.717, 1.165) is 10.0 Å². The van der Waals surface area contributed by atoms with Crippen molar-refractivity contribution in [3.63, 3.8) is 0 Å². The molecule has 0 bridgehead atoms. The molecule has 30 heavy (non-hydrogen) atoms. The van der Waals surface area contributed by atoms with Crippen molar-refractivity contribution < 1.29 is 18.7 Å². The van der Waals surface area contributed by atoms with Crippen LogP contribution in [0, 0.1) is 12.7 Å². The van der Waals surface area contributed by atoms with Gasteiger partial charge in [0.1, 0.15) is 11.6 Å². The van der Waals surface area contributed by atoms with E-state index in [1.165, 1.54) is 24.3 Å². The van der Waals surface area contributed by atoms with Crippen molar-refractivity contribution in [2.45, 2.75) is 6.92 Å². The van der Waals surface area contributed by atoms with E-state index in [1.54, 1.807) is 24.3 Å². The Hall–Kier alpha value is -2.90. The summed E-state index contributed by atoms with van der Waals surface area (Å²) in [4.78, 5) is 24.6. The van der Waals surface area contributed by atoms with E-state index in [2.05, 4.69) is 26.6 Å². The molecule has 0 aliphatic rings. The fraction of sp³-hybridized carbons (Fsp3) is 0.0909. The number of rotatable bonds is 6. The van der Waals surface area contributed by atoms with Crippen LogP contribution in [-0.4, -0.2) is 18.4 Å². The van der Waals surface area contributed by atoms with Gasteiger partial charge in [0.2, 0.25) is 0 Å². The molecule has 0 unspecified atom stereocenters. The van der Waals surface area contributed by atoms with Gasteiger partial charge in [0.05, 0.1) is 5.02 Å². The highest BCUT2D eigenvalue weighted by atomic mass is 79.9. The minimum absolute atomic E-state index is 0.0881. The quantitative estimate of drug-likeness (QED) is 0.457. The van der Waals surface area contributed by atoms with Crippen LogP contribution in [0.4, 0.5) is 15.8 Å². The van der Waals surface area contributed by atoms with E-state index in [-0.39, 0.29) is 17.5 Å². The minimum Gasteiger partial charge on any atom is -0.483 e. The van der Waals surface area contributed by atoms with Crippen LogP contribution in [0.1, 0.15) is 15.9 Å². The Balaban J connectivity index is 1.60. The maximum Gasteiger partial charge on any atom is 0.262 e. The fourth-order valence-corrected chi connectivity index (χ4v) is 3.29. The van der Waals surface area contributed by atoms with Gasteiger partial charge in [-0.3, -0.25) is 9.59 Å². The number of benzene rings is 3. The van der Waals surface area contributed by atoms with Crippen LogP contribution >= 0.6 is 27.5 Å². The number of halogens is 3. The normalized spacial score (nSPS) is 10.4. The fourth-order valence-electron chi connectivity index (χ4n) is 2.63. The van der Waals surface area contributed by atoms with Crippen molar-refractivity contribution in [2.75, 3.05) is 17.2 Å². The molecule has 2 N–H and O–H groups in total. The van der Waals surface area contributed by atoms with Crippen LogP contribution in [0.15, 0.2) is 65.1 Å². The van der Waals surface area contributed by atoms with Gasteiger partial charge in [0.25, 0.3) is 11.8 Å². The van der Waals surface area contributed by atoms with Gasteiger partial charge in [0, 0.05) is 21.4 Å². The lowest BCUT2D eigenvalue weighted by Gasteiger charge is -2.11. The van der Waals surface area contributed by atoms with Crippen molar-refractivity contribution in [2.24, 2.45) is 0 Å². The van der Waals surface area contributed by atoms with Gasteiger partial charge in [-0.1, -0.05) is 33.6 Å². The molecule has 0 spiro atoms. The van der Waals surface area contributed by atoms with Crippen LogP contribution in [-0.2, 0) is 4.79 Å². The molecule has 2 amide bonds. The Kier molecular flexibility index (Phi) is 7.07. The standard InChI is InChI=1S/C22H17BrClFN2O3/c1-13-9-15(23)5-8-20(13)30-12-21(28)26-16-4-2-3-14(10-16)22(29)27-17-6-7-19(25)18(24)11-17/h2-11H,12H2,1H3,(H,26,28)(H,27,29). The van der Waals surface area contributed by atoms with Gasteiger partial charge < -0.3 is 15.4 Å². The van der Waals surface area contributed by atoms with Gasteiger partial charge in [-0.25, -0.2) is 4.39 Å². The van der Waals surface area contributed by atoms with E-state index in [0.29, 0.717) is 22.7 Å². The van der Waals surface area contributed by atoms with Crippen molar-refractivity contribution >= 4 is 50.7 Å². The molecule has 0 fully saturated rings. The van der Waals surface area contributed by atoms with E-state index in [9.17, 15) is 14.0 Å². The molecule has 8 heteroatoms. The lowest BCUT2D eigenvalue weighted by Crippen LogP contribution is -2.21. The largest absolute Gasteiger partial charge is 0.483 e. The van der Waals surface area contributed by atoms with Gasteiger partial charge in [0.15, 0.2) is 6.61 Å². The first kappa shape index (κ1) is 21.8. The first-order chi connectivity index (χ1) is 14.3. The lowest BCUT2D eigenvalue weighted by atomic mass is 10.2. The van der Waals surface area contributed by atoms with Crippen LogP contribution in [0.25, 0.3) is 0 Å². The number of carbonyl (C=O) groups is 2. The second-order valence-electron chi connectivity index (χ2n) is 6.41. The molecule has 3 aromatic carbocycles. The minimum atomic E-state index is -0.570. The molecule has 0 saturated carbocycles. The summed E-state index contributed by atoms with van der Waals surface area (Å²) in [7, 11) is 0. The molecule has 0 radical (unpaired) electrons. The molecule has 3 aromatic rings. The summed E-state index contributed by atoms with van der Waals surface area (Å²) >= 11 is 9.10. The molecular weight excluding hydrogens is 475 g/mol. The number of amides is 2. The van der Waals surface area contributed by atoms with Gasteiger partial charge in [-0.2, -0.15) is 0 Å². The number of ether oxygens (including phenoxy) is 1. The summed E-state index contributed by atoms with van der Waals surface area (Å²) in [6.07, 6.45) is 0. The smallest absolute Gasteiger partial charge is 0.262 e. The number of hydrogen-bond acceptors (Lipinski definition) is 3. The first-order valence-electron chi connectivity index (χ1n) is 8.87. The van der Waals surface area contributed by atoms with E-state index >= 15 is 0 Å². The molecule has 3 rings (SSSR count). The molecular formula is C22H17BrClFN2O3. The average molecular weight is 492 g/mol. The molecule has 0 aliphatic carbocycles. The molecule has 0 aromatic heterocycles. The first-order valence-corrected chi connectivity index (χ1v) is 10.0. The number of nitrogens with one attached hydrogen (secondary N) is 2. The zero-order valence-corrected chi connectivity index (χ0v) is 18.2. The molecule has 0 saturated heterocycles. The Bertz CT molecular complexity index is 1110. The average Bonchev–Trinajstić information content (AvgIpc) is 2.70. The third-order valence-electron chi connectivity index (χ3n) is 4.08.